The molecule has 0 saturated carbocycles. The summed E-state index contributed by atoms with van der Waals surface area (Å²) in [6, 6.07) is 6.91. The molecule has 0 spiro atoms. The van der Waals surface area contributed by atoms with E-state index in [4.69, 9.17) is 4.74 Å². The van der Waals surface area contributed by atoms with Gasteiger partial charge in [-0.1, -0.05) is 32.9 Å². The molecule has 96 valence electrons. The van der Waals surface area contributed by atoms with Gasteiger partial charge in [0.25, 0.3) is 0 Å². The van der Waals surface area contributed by atoms with Gasteiger partial charge in [-0.2, -0.15) is 0 Å². The zero-order chi connectivity index (χ0) is 12.8. The van der Waals surface area contributed by atoms with Crippen LogP contribution in [0.1, 0.15) is 44.4 Å². The minimum atomic E-state index is 0.449. The molecule has 17 heavy (non-hydrogen) atoms. The van der Waals surface area contributed by atoms with E-state index >= 15 is 0 Å². The highest BCUT2D eigenvalue weighted by molar-refractivity contribution is 5.37. The van der Waals surface area contributed by atoms with Crippen LogP contribution >= 0.6 is 0 Å². The summed E-state index contributed by atoms with van der Waals surface area (Å²) in [7, 11) is 1.72. The molecule has 0 fully saturated rings. The van der Waals surface area contributed by atoms with Crippen molar-refractivity contribution in [2.24, 2.45) is 5.92 Å². The predicted octanol–water partition coefficient (Wildman–Crippen LogP) is 3.70. The number of rotatable bonds is 6. The highest BCUT2D eigenvalue weighted by atomic mass is 16.5. The normalized spacial score (nSPS) is 12.8. The van der Waals surface area contributed by atoms with Crippen molar-refractivity contribution >= 4 is 0 Å². The van der Waals surface area contributed by atoms with E-state index in [1.54, 1.807) is 7.11 Å². The molecule has 0 aliphatic heterocycles. The van der Waals surface area contributed by atoms with Gasteiger partial charge in [-0.05, 0) is 43.0 Å². The molecule has 1 atom stereocenters. The molecule has 0 aliphatic rings. The molecule has 1 N–H and O–H groups in total. The van der Waals surface area contributed by atoms with Crippen LogP contribution < -0.4 is 10.1 Å². The van der Waals surface area contributed by atoms with E-state index in [0.717, 1.165) is 12.3 Å². The fourth-order valence-corrected chi connectivity index (χ4v) is 2.17. The third-order valence-corrected chi connectivity index (χ3v) is 2.98. The van der Waals surface area contributed by atoms with Crippen molar-refractivity contribution in [3.8, 4) is 5.75 Å². The molecular formula is C15H25NO. The summed E-state index contributed by atoms with van der Waals surface area (Å²) in [5.41, 5.74) is 2.57. The van der Waals surface area contributed by atoms with E-state index in [1.807, 2.05) is 0 Å². The molecule has 0 heterocycles. The summed E-state index contributed by atoms with van der Waals surface area (Å²) >= 11 is 0. The Labute approximate surface area is 105 Å². The van der Waals surface area contributed by atoms with Crippen molar-refractivity contribution in [2.45, 2.75) is 40.2 Å². The topological polar surface area (TPSA) is 21.3 Å². The highest BCUT2D eigenvalue weighted by Crippen LogP contribution is 2.26. The van der Waals surface area contributed by atoms with Gasteiger partial charge >= 0.3 is 0 Å². The monoisotopic (exact) mass is 235 g/mol. The predicted molar refractivity (Wildman–Crippen MR) is 73.6 cm³/mol. The van der Waals surface area contributed by atoms with Crippen molar-refractivity contribution in [3.63, 3.8) is 0 Å². The Hall–Kier alpha value is -1.02. The van der Waals surface area contributed by atoms with Gasteiger partial charge < -0.3 is 10.1 Å². The first-order valence-corrected chi connectivity index (χ1v) is 6.46. The van der Waals surface area contributed by atoms with Crippen molar-refractivity contribution in [3.05, 3.63) is 29.3 Å². The van der Waals surface area contributed by atoms with Crippen LogP contribution in [0, 0.1) is 12.8 Å². The van der Waals surface area contributed by atoms with E-state index in [9.17, 15) is 0 Å². The van der Waals surface area contributed by atoms with Crippen molar-refractivity contribution < 1.29 is 4.74 Å². The van der Waals surface area contributed by atoms with Crippen LogP contribution in [0.2, 0.25) is 0 Å². The molecule has 1 aromatic carbocycles. The first-order valence-electron chi connectivity index (χ1n) is 6.46. The summed E-state index contributed by atoms with van der Waals surface area (Å²) in [6.45, 7) is 9.79. The Morgan fingerprint density at radius 3 is 2.47 bits per heavy atom. The first-order chi connectivity index (χ1) is 8.08. The molecule has 0 aromatic heterocycles. The fourth-order valence-electron chi connectivity index (χ4n) is 2.17. The summed E-state index contributed by atoms with van der Waals surface area (Å²) < 4.78 is 5.30. The molecule has 0 saturated heterocycles. The van der Waals surface area contributed by atoms with Crippen LogP contribution in [0.4, 0.5) is 0 Å². The molecule has 1 aromatic rings. The van der Waals surface area contributed by atoms with Crippen LogP contribution in [0.25, 0.3) is 0 Å². The molecular weight excluding hydrogens is 210 g/mol. The van der Waals surface area contributed by atoms with E-state index < -0.39 is 0 Å². The fraction of sp³-hybridized carbons (Fsp3) is 0.600. The lowest BCUT2D eigenvalue weighted by Crippen LogP contribution is -2.22. The second-order valence-electron chi connectivity index (χ2n) is 4.97. The maximum absolute atomic E-state index is 5.30. The third-order valence-electron chi connectivity index (χ3n) is 2.98. The second kappa shape index (κ2) is 6.65. The SMILES string of the molecule is CCNC(CC(C)C)c1ccc(OC)c(C)c1. The summed E-state index contributed by atoms with van der Waals surface area (Å²) in [5, 5.41) is 3.55. The van der Waals surface area contributed by atoms with Crippen LogP contribution in [0.5, 0.6) is 5.75 Å². The van der Waals surface area contributed by atoms with E-state index in [1.165, 1.54) is 17.5 Å². The number of aryl methyl sites for hydroxylation is 1. The van der Waals surface area contributed by atoms with Crippen molar-refractivity contribution in [2.75, 3.05) is 13.7 Å². The molecule has 2 heteroatoms. The van der Waals surface area contributed by atoms with Gasteiger partial charge in [-0.25, -0.2) is 0 Å². The van der Waals surface area contributed by atoms with E-state index in [-0.39, 0.29) is 0 Å². The summed E-state index contributed by atoms with van der Waals surface area (Å²) in [6.07, 6.45) is 1.17. The minimum absolute atomic E-state index is 0.449. The largest absolute Gasteiger partial charge is 0.496 e. The Balaban J connectivity index is 2.89. The van der Waals surface area contributed by atoms with Gasteiger partial charge in [0.1, 0.15) is 5.75 Å². The van der Waals surface area contributed by atoms with Crippen molar-refractivity contribution in [1.29, 1.82) is 0 Å². The molecule has 0 aliphatic carbocycles. The Morgan fingerprint density at radius 2 is 2.00 bits per heavy atom. The standard InChI is InChI=1S/C15H25NO/c1-6-16-14(9-11(2)3)13-7-8-15(17-5)12(4)10-13/h7-8,10-11,14,16H,6,9H2,1-5H3. The van der Waals surface area contributed by atoms with E-state index in [2.05, 4.69) is 51.2 Å². The summed E-state index contributed by atoms with van der Waals surface area (Å²) in [5.74, 6) is 1.66. The zero-order valence-corrected chi connectivity index (χ0v) is 11.7. The average molecular weight is 235 g/mol. The highest BCUT2D eigenvalue weighted by Gasteiger charge is 2.13. The lowest BCUT2D eigenvalue weighted by Gasteiger charge is -2.21. The van der Waals surface area contributed by atoms with Gasteiger partial charge in [0.2, 0.25) is 0 Å². The number of hydrogen-bond acceptors (Lipinski definition) is 2. The third kappa shape index (κ3) is 4.04. The number of nitrogens with one attached hydrogen (secondary N) is 1. The molecule has 0 radical (unpaired) electrons. The van der Waals surface area contributed by atoms with Crippen LogP contribution in [-0.2, 0) is 0 Å². The average Bonchev–Trinajstić information content (AvgIpc) is 2.28. The first kappa shape index (κ1) is 14.0. The number of benzene rings is 1. The van der Waals surface area contributed by atoms with Gasteiger partial charge in [-0.3, -0.25) is 0 Å². The molecule has 1 unspecified atom stereocenters. The number of hydrogen-bond donors (Lipinski definition) is 1. The molecule has 0 amide bonds. The quantitative estimate of drug-likeness (QED) is 0.811. The number of ether oxygens (including phenoxy) is 1. The lowest BCUT2D eigenvalue weighted by molar-refractivity contribution is 0.409. The van der Waals surface area contributed by atoms with Crippen molar-refractivity contribution in [1.82, 2.24) is 5.32 Å². The Kier molecular flexibility index (Phi) is 5.49. The summed E-state index contributed by atoms with van der Waals surface area (Å²) in [4.78, 5) is 0. The Bertz CT molecular complexity index is 347. The van der Waals surface area contributed by atoms with Gasteiger partial charge in [0.05, 0.1) is 7.11 Å². The van der Waals surface area contributed by atoms with E-state index in [0.29, 0.717) is 12.0 Å². The van der Waals surface area contributed by atoms with Gasteiger partial charge in [0.15, 0.2) is 0 Å². The minimum Gasteiger partial charge on any atom is -0.496 e. The molecule has 2 nitrogen and oxygen atoms in total. The van der Waals surface area contributed by atoms with Gasteiger partial charge in [0, 0.05) is 6.04 Å². The molecule has 0 bridgehead atoms. The zero-order valence-electron chi connectivity index (χ0n) is 11.7. The second-order valence-corrected chi connectivity index (χ2v) is 4.97. The van der Waals surface area contributed by atoms with Crippen LogP contribution in [0.15, 0.2) is 18.2 Å². The maximum atomic E-state index is 5.30. The lowest BCUT2D eigenvalue weighted by atomic mass is 9.95. The maximum Gasteiger partial charge on any atom is 0.121 e. The van der Waals surface area contributed by atoms with Crippen LogP contribution in [-0.4, -0.2) is 13.7 Å². The number of methoxy groups -OCH3 is 1. The Morgan fingerprint density at radius 1 is 1.29 bits per heavy atom. The van der Waals surface area contributed by atoms with Gasteiger partial charge in [-0.15, -0.1) is 0 Å². The molecule has 1 rings (SSSR count). The van der Waals surface area contributed by atoms with Crippen LogP contribution in [0.3, 0.4) is 0 Å². The smallest absolute Gasteiger partial charge is 0.121 e.